The Hall–Kier alpha value is -0.880. The fourth-order valence-electron chi connectivity index (χ4n) is 2.47. The van der Waals surface area contributed by atoms with Gasteiger partial charge >= 0.3 is 0 Å². The SMILES string of the molecule is CCc1nn(C)c(CC(NN)c2cc(C)cc(Br)c2)c1Cl. The monoisotopic (exact) mass is 370 g/mol. The molecule has 0 spiro atoms. The molecule has 114 valence electrons. The molecule has 2 rings (SSSR count). The number of rotatable bonds is 5. The van der Waals surface area contributed by atoms with Crippen LogP contribution in [0.1, 0.15) is 35.5 Å². The quantitative estimate of drug-likeness (QED) is 0.625. The molecule has 1 atom stereocenters. The molecule has 1 heterocycles. The first-order chi connectivity index (χ1) is 9.96. The number of hydrazine groups is 1. The highest BCUT2D eigenvalue weighted by atomic mass is 79.9. The van der Waals surface area contributed by atoms with E-state index in [0.717, 1.165) is 32.9 Å². The number of hydrogen-bond acceptors (Lipinski definition) is 3. The molecular weight excluding hydrogens is 352 g/mol. The topological polar surface area (TPSA) is 55.9 Å². The van der Waals surface area contributed by atoms with Gasteiger partial charge < -0.3 is 0 Å². The second kappa shape index (κ2) is 6.92. The van der Waals surface area contributed by atoms with Crippen molar-refractivity contribution in [1.82, 2.24) is 15.2 Å². The van der Waals surface area contributed by atoms with Crippen LogP contribution in [0, 0.1) is 6.92 Å². The third-order valence-electron chi connectivity index (χ3n) is 3.57. The predicted octanol–water partition coefficient (Wildman–Crippen LogP) is 3.45. The number of aromatic nitrogens is 2. The van der Waals surface area contributed by atoms with E-state index in [4.69, 9.17) is 17.4 Å². The fraction of sp³-hybridized carbons (Fsp3) is 0.400. The van der Waals surface area contributed by atoms with Crippen LogP contribution in [0.3, 0.4) is 0 Å². The summed E-state index contributed by atoms with van der Waals surface area (Å²) in [5.74, 6) is 5.75. The van der Waals surface area contributed by atoms with Crippen molar-refractivity contribution in [2.24, 2.45) is 12.9 Å². The molecule has 1 unspecified atom stereocenters. The lowest BCUT2D eigenvalue weighted by Crippen LogP contribution is -2.30. The van der Waals surface area contributed by atoms with Gasteiger partial charge in [-0.15, -0.1) is 0 Å². The molecular formula is C15H20BrClN4. The Morgan fingerprint density at radius 1 is 1.43 bits per heavy atom. The summed E-state index contributed by atoms with van der Waals surface area (Å²) in [7, 11) is 1.92. The van der Waals surface area contributed by atoms with Crippen LogP contribution in [-0.4, -0.2) is 9.78 Å². The van der Waals surface area contributed by atoms with E-state index in [0.29, 0.717) is 6.42 Å². The van der Waals surface area contributed by atoms with E-state index in [1.165, 1.54) is 5.56 Å². The van der Waals surface area contributed by atoms with Crippen LogP contribution in [0.25, 0.3) is 0 Å². The van der Waals surface area contributed by atoms with Gasteiger partial charge in [0.2, 0.25) is 0 Å². The number of nitrogens with one attached hydrogen (secondary N) is 1. The molecule has 0 saturated carbocycles. The second-order valence-electron chi connectivity index (χ2n) is 5.17. The highest BCUT2D eigenvalue weighted by Gasteiger charge is 2.19. The van der Waals surface area contributed by atoms with Crippen molar-refractivity contribution in [1.29, 1.82) is 0 Å². The molecule has 0 aliphatic carbocycles. The summed E-state index contributed by atoms with van der Waals surface area (Å²) in [6.45, 7) is 4.11. The molecule has 0 radical (unpaired) electrons. The molecule has 0 bridgehead atoms. The van der Waals surface area contributed by atoms with E-state index < -0.39 is 0 Å². The second-order valence-corrected chi connectivity index (χ2v) is 6.46. The Kier molecular flexibility index (Phi) is 5.43. The Morgan fingerprint density at radius 2 is 2.14 bits per heavy atom. The molecule has 1 aromatic heterocycles. The van der Waals surface area contributed by atoms with E-state index in [1.807, 2.05) is 18.7 Å². The van der Waals surface area contributed by atoms with Gasteiger partial charge in [0, 0.05) is 17.9 Å². The van der Waals surface area contributed by atoms with Crippen LogP contribution < -0.4 is 11.3 Å². The number of hydrogen-bond donors (Lipinski definition) is 2. The lowest BCUT2D eigenvalue weighted by molar-refractivity contribution is 0.529. The Labute approximate surface area is 138 Å². The smallest absolute Gasteiger partial charge is 0.0850 e. The first-order valence-electron chi connectivity index (χ1n) is 6.89. The highest BCUT2D eigenvalue weighted by molar-refractivity contribution is 9.10. The summed E-state index contributed by atoms with van der Waals surface area (Å²) < 4.78 is 2.89. The molecule has 6 heteroatoms. The molecule has 0 amide bonds. The van der Waals surface area contributed by atoms with E-state index in [2.05, 4.69) is 51.6 Å². The molecule has 21 heavy (non-hydrogen) atoms. The zero-order valence-electron chi connectivity index (χ0n) is 12.5. The number of halogens is 2. The Balaban J connectivity index is 2.33. The summed E-state index contributed by atoms with van der Waals surface area (Å²) in [6, 6.07) is 6.25. The van der Waals surface area contributed by atoms with Crippen molar-refractivity contribution >= 4 is 27.5 Å². The predicted molar refractivity (Wildman–Crippen MR) is 90.2 cm³/mol. The van der Waals surface area contributed by atoms with Crippen molar-refractivity contribution in [3.63, 3.8) is 0 Å². The first-order valence-corrected chi connectivity index (χ1v) is 8.06. The van der Waals surface area contributed by atoms with Gasteiger partial charge in [0.05, 0.1) is 22.5 Å². The van der Waals surface area contributed by atoms with E-state index in [9.17, 15) is 0 Å². The van der Waals surface area contributed by atoms with Crippen LogP contribution >= 0.6 is 27.5 Å². The molecule has 0 saturated heterocycles. The van der Waals surface area contributed by atoms with Crippen molar-refractivity contribution in [2.75, 3.05) is 0 Å². The lowest BCUT2D eigenvalue weighted by atomic mass is 10.0. The molecule has 0 aliphatic heterocycles. The van der Waals surface area contributed by atoms with Gasteiger partial charge in [-0.25, -0.2) is 0 Å². The Bertz CT molecular complexity index is 619. The zero-order chi connectivity index (χ0) is 15.6. The van der Waals surface area contributed by atoms with Crippen molar-refractivity contribution in [3.8, 4) is 0 Å². The number of benzene rings is 1. The maximum Gasteiger partial charge on any atom is 0.0850 e. The summed E-state index contributed by atoms with van der Waals surface area (Å²) in [4.78, 5) is 0. The summed E-state index contributed by atoms with van der Waals surface area (Å²) in [5, 5.41) is 5.19. The zero-order valence-corrected chi connectivity index (χ0v) is 14.8. The largest absolute Gasteiger partial charge is 0.271 e. The van der Waals surface area contributed by atoms with E-state index in [-0.39, 0.29) is 6.04 Å². The number of nitrogens with two attached hydrogens (primary N) is 1. The van der Waals surface area contributed by atoms with Crippen LogP contribution in [0.2, 0.25) is 5.02 Å². The summed E-state index contributed by atoms with van der Waals surface area (Å²) >= 11 is 9.95. The molecule has 4 nitrogen and oxygen atoms in total. The standard InChI is InChI=1S/C15H20BrClN4/c1-4-12-15(17)14(21(3)20-12)8-13(19-18)10-5-9(2)6-11(16)7-10/h5-7,13,19H,4,8,18H2,1-3H3. The average Bonchev–Trinajstić information content (AvgIpc) is 2.70. The van der Waals surface area contributed by atoms with Crippen molar-refractivity contribution in [3.05, 3.63) is 50.2 Å². The van der Waals surface area contributed by atoms with E-state index >= 15 is 0 Å². The van der Waals surface area contributed by atoms with Gasteiger partial charge in [0.1, 0.15) is 0 Å². The molecule has 0 fully saturated rings. The summed E-state index contributed by atoms with van der Waals surface area (Å²) in [5.41, 5.74) is 7.11. The molecule has 3 N–H and O–H groups in total. The molecule has 0 aliphatic rings. The third kappa shape index (κ3) is 3.66. The van der Waals surface area contributed by atoms with Gasteiger partial charge in [-0.2, -0.15) is 5.10 Å². The fourth-order valence-corrected chi connectivity index (χ4v) is 3.47. The molecule has 1 aromatic carbocycles. The maximum atomic E-state index is 6.42. The number of nitrogens with zero attached hydrogens (tertiary/aromatic N) is 2. The van der Waals surface area contributed by atoms with E-state index in [1.54, 1.807) is 0 Å². The minimum atomic E-state index is -0.0150. The van der Waals surface area contributed by atoms with Gasteiger partial charge in [-0.05, 0) is 36.6 Å². The van der Waals surface area contributed by atoms with Gasteiger partial charge in [0.15, 0.2) is 0 Å². The van der Waals surface area contributed by atoms with Gasteiger partial charge in [-0.1, -0.05) is 40.5 Å². The van der Waals surface area contributed by atoms with Gasteiger partial charge in [-0.3, -0.25) is 16.0 Å². The number of aryl methyl sites for hydroxylation is 3. The van der Waals surface area contributed by atoms with Crippen LogP contribution in [0.4, 0.5) is 0 Å². The summed E-state index contributed by atoms with van der Waals surface area (Å²) in [6.07, 6.45) is 1.51. The average molecular weight is 372 g/mol. The van der Waals surface area contributed by atoms with Crippen LogP contribution in [0.5, 0.6) is 0 Å². The van der Waals surface area contributed by atoms with Crippen molar-refractivity contribution in [2.45, 2.75) is 32.7 Å². The van der Waals surface area contributed by atoms with Gasteiger partial charge in [0.25, 0.3) is 0 Å². The minimum absolute atomic E-state index is 0.0150. The maximum absolute atomic E-state index is 6.42. The van der Waals surface area contributed by atoms with Crippen LogP contribution in [-0.2, 0) is 19.9 Å². The van der Waals surface area contributed by atoms with Crippen molar-refractivity contribution < 1.29 is 0 Å². The van der Waals surface area contributed by atoms with Crippen LogP contribution in [0.15, 0.2) is 22.7 Å². The minimum Gasteiger partial charge on any atom is -0.271 e. The first kappa shape index (κ1) is 16.5. The normalized spacial score (nSPS) is 12.7. The highest BCUT2D eigenvalue weighted by Crippen LogP contribution is 2.27. The Morgan fingerprint density at radius 3 is 2.67 bits per heavy atom. The molecule has 2 aromatic rings. The lowest BCUT2D eigenvalue weighted by Gasteiger charge is -2.18. The third-order valence-corrected chi connectivity index (χ3v) is 4.46.